The van der Waals surface area contributed by atoms with Gasteiger partial charge >= 0.3 is 0 Å². The second-order valence-corrected chi connectivity index (χ2v) is 8.52. The SMILES string of the molecule is Cc1ccc2c(c1)sc1cc(N(C)c3ccc4sccc4c3)ccc12. The zero-order chi connectivity index (χ0) is 17.0. The van der Waals surface area contributed by atoms with Crippen LogP contribution in [0.3, 0.4) is 0 Å². The lowest BCUT2D eigenvalue weighted by atomic mass is 10.1. The van der Waals surface area contributed by atoms with Crippen molar-refractivity contribution in [3.63, 3.8) is 0 Å². The van der Waals surface area contributed by atoms with E-state index in [0.29, 0.717) is 0 Å². The number of fused-ring (bicyclic) bond motifs is 4. The summed E-state index contributed by atoms with van der Waals surface area (Å²) in [6, 6.07) is 22.4. The van der Waals surface area contributed by atoms with Crippen LogP contribution in [0, 0.1) is 6.92 Å². The van der Waals surface area contributed by atoms with E-state index in [1.165, 1.54) is 47.2 Å². The molecular weight excluding hydrogens is 342 g/mol. The van der Waals surface area contributed by atoms with Crippen LogP contribution in [0.4, 0.5) is 11.4 Å². The van der Waals surface area contributed by atoms with Crippen LogP contribution in [0.2, 0.25) is 0 Å². The summed E-state index contributed by atoms with van der Waals surface area (Å²) in [5.74, 6) is 0. The Kier molecular flexibility index (Phi) is 3.34. The topological polar surface area (TPSA) is 3.24 Å². The maximum Gasteiger partial charge on any atom is 0.0422 e. The van der Waals surface area contributed by atoms with Gasteiger partial charge in [0.2, 0.25) is 0 Å². The highest BCUT2D eigenvalue weighted by atomic mass is 32.1. The third-order valence-corrected chi connectivity index (χ3v) is 6.84. The zero-order valence-corrected chi connectivity index (χ0v) is 15.7. The summed E-state index contributed by atoms with van der Waals surface area (Å²) in [7, 11) is 2.15. The first-order valence-electron chi connectivity index (χ1n) is 8.33. The smallest absolute Gasteiger partial charge is 0.0422 e. The van der Waals surface area contributed by atoms with Crippen LogP contribution in [-0.2, 0) is 0 Å². The predicted molar refractivity (Wildman–Crippen MR) is 114 cm³/mol. The standard InChI is InChI=1S/C22H17NS2/c1-14-3-6-18-19-7-4-17(13-22(19)25-21(18)11-14)23(2)16-5-8-20-15(12-16)9-10-24-20/h3-13H,1-2H3. The van der Waals surface area contributed by atoms with Gasteiger partial charge in [0.25, 0.3) is 0 Å². The van der Waals surface area contributed by atoms with Crippen molar-refractivity contribution < 1.29 is 0 Å². The molecule has 0 bridgehead atoms. The zero-order valence-electron chi connectivity index (χ0n) is 14.1. The van der Waals surface area contributed by atoms with E-state index >= 15 is 0 Å². The van der Waals surface area contributed by atoms with Crippen LogP contribution >= 0.6 is 22.7 Å². The monoisotopic (exact) mass is 359 g/mol. The summed E-state index contributed by atoms with van der Waals surface area (Å²) in [5.41, 5.74) is 3.77. The van der Waals surface area contributed by atoms with Gasteiger partial charge in [-0.05, 0) is 65.7 Å². The van der Waals surface area contributed by atoms with Crippen LogP contribution in [0.15, 0.2) is 66.0 Å². The Morgan fingerprint density at radius 1 is 0.720 bits per heavy atom. The Labute approximate surface area is 154 Å². The molecule has 1 nitrogen and oxygen atoms in total. The molecule has 0 atom stereocenters. The molecule has 3 heteroatoms. The molecule has 0 unspecified atom stereocenters. The molecule has 0 saturated heterocycles. The van der Waals surface area contributed by atoms with E-state index in [-0.39, 0.29) is 0 Å². The highest BCUT2D eigenvalue weighted by Gasteiger charge is 2.10. The van der Waals surface area contributed by atoms with Crippen molar-refractivity contribution in [2.75, 3.05) is 11.9 Å². The lowest BCUT2D eigenvalue weighted by Crippen LogP contribution is -2.08. The fourth-order valence-corrected chi connectivity index (χ4v) is 5.40. The van der Waals surface area contributed by atoms with Gasteiger partial charge in [-0.25, -0.2) is 0 Å². The van der Waals surface area contributed by atoms with E-state index in [9.17, 15) is 0 Å². The highest BCUT2D eigenvalue weighted by molar-refractivity contribution is 7.25. The highest BCUT2D eigenvalue weighted by Crippen LogP contribution is 2.38. The van der Waals surface area contributed by atoms with E-state index < -0.39 is 0 Å². The third kappa shape index (κ3) is 2.43. The van der Waals surface area contributed by atoms with Crippen LogP contribution in [0.5, 0.6) is 0 Å². The number of hydrogen-bond donors (Lipinski definition) is 0. The molecule has 25 heavy (non-hydrogen) atoms. The Hall–Kier alpha value is -2.36. The second kappa shape index (κ2) is 5.58. The van der Waals surface area contributed by atoms with Crippen molar-refractivity contribution in [1.82, 2.24) is 0 Å². The van der Waals surface area contributed by atoms with Crippen molar-refractivity contribution in [2.24, 2.45) is 0 Å². The van der Waals surface area contributed by atoms with Gasteiger partial charge in [0, 0.05) is 43.3 Å². The molecule has 0 N–H and O–H groups in total. The second-order valence-electron chi connectivity index (χ2n) is 6.48. The fraction of sp³-hybridized carbons (Fsp3) is 0.0909. The van der Waals surface area contributed by atoms with Crippen molar-refractivity contribution in [3.8, 4) is 0 Å². The maximum atomic E-state index is 2.31. The minimum absolute atomic E-state index is 1.22. The largest absolute Gasteiger partial charge is 0.345 e. The number of thiophene rings is 2. The number of hydrogen-bond acceptors (Lipinski definition) is 3. The first-order valence-corrected chi connectivity index (χ1v) is 10.0. The van der Waals surface area contributed by atoms with Gasteiger partial charge in [-0.3, -0.25) is 0 Å². The lowest BCUT2D eigenvalue weighted by molar-refractivity contribution is 1.22. The van der Waals surface area contributed by atoms with Gasteiger partial charge in [-0.1, -0.05) is 18.2 Å². The molecular formula is C22H17NS2. The van der Waals surface area contributed by atoms with E-state index in [1.54, 1.807) is 11.3 Å². The minimum atomic E-state index is 1.22. The van der Waals surface area contributed by atoms with Crippen molar-refractivity contribution in [1.29, 1.82) is 0 Å². The number of anilines is 2. The molecule has 5 aromatic rings. The summed E-state index contributed by atoms with van der Waals surface area (Å²) >= 11 is 3.67. The normalized spacial score (nSPS) is 11.6. The van der Waals surface area contributed by atoms with Gasteiger partial charge in [-0.2, -0.15) is 0 Å². The molecule has 122 valence electrons. The molecule has 2 heterocycles. The Morgan fingerprint density at radius 3 is 2.32 bits per heavy atom. The van der Waals surface area contributed by atoms with Crippen LogP contribution in [0.25, 0.3) is 30.3 Å². The molecule has 0 aliphatic carbocycles. The summed E-state index contributed by atoms with van der Waals surface area (Å²) in [6.07, 6.45) is 0. The molecule has 0 saturated carbocycles. The summed E-state index contributed by atoms with van der Waals surface area (Å²) < 4.78 is 4.06. The Bertz CT molecular complexity index is 1230. The van der Waals surface area contributed by atoms with E-state index in [4.69, 9.17) is 0 Å². The average Bonchev–Trinajstić information content (AvgIpc) is 3.23. The molecule has 0 fully saturated rings. The maximum absolute atomic E-state index is 2.31. The Balaban J connectivity index is 1.62. The van der Waals surface area contributed by atoms with Crippen LogP contribution < -0.4 is 4.90 Å². The number of rotatable bonds is 2. The first-order chi connectivity index (χ1) is 12.2. The summed E-state index contributed by atoms with van der Waals surface area (Å²) in [5, 5.41) is 6.18. The first kappa shape index (κ1) is 14.9. The average molecular weight is 360 g/mol. The predicted octanol–water partition coefficient (Wildman–Crippen LogP) is 7.35. The van der Waals surface area contributed by atoms with E-state index in [2.05, 4.69) is 84.9 Å². The molecule has 5 rings (SSSR count). The van der Waals surface area contributed by atoms with Gasteiger partial charge < -0.3 is 4.90 Å². The molecule has 2 aromatic heterocycles. The van der Waals surface area contributed by atoms with Gasteiger partial charge in [-0.15, -0.1) is 22.7 Å². The fourth-order valence-electron chi connectivity index (χ4n) is 3.39. The lowest BCUT2D eigenvalue weighted by Gasteiger charge is -2.19. The quantitative estimate of drug-likeness (QED) is 0.318. The van der Waals surface area contributed by atoms with Crippen molar-refractivity contribution in [2.45, 2.75) is 6.92 Å². The molecule has 0 amide bonds. The number of aryl methyl sites for hydroxylation is 1. The molecule has 0 radical (unpaired) electrons. The van der Waals surface area contributed by atoms with Crippen LogP contribution in [0.1, 0.15) is 5.56 Å². The minimum Gasteiger partial charge on any atom is -0.345 e. The third-order valence-electron chi connectivity index (χ3n) is 4.82. The van der Waals surface area contributed by atoms with Gasteiger partial charge in [0.15, 0.2) is 0 Å². The van der Waals surface area contributed by atoms with E-state index in [0.717, 1.165) is 0 Å². The Morgan fingerprint density at radius 2 is 1.44 bits per heavy atom. The molecule has 0 aliphatic heterocycles. The van der Waals surface area contributed by atoms with Crippen molar-refractivity contribution >= 4 is 64.3 Å². The van der Waals surface area contributed by atoms with E-state index in [1.807, 2.05) is 11.3 Å². The summed E-state index contributed by atoms with van der Waals surface area (Å²) in [6.45, 7) is 2.16. The number of benzene rings is 3. The van der Waals surface area contributed by atoms with Gasteiger partial charge in [0.05, 0.1) is 0 Å². The molecule has 0 aliphatic rings. The van der Waals surface area contributed by atoms with Crippen molar-refractivity contribution in [3.05, 3.63) is 71.6 Å². The number of nitrogens with zero attached hydrogens (tertiary/aromatic N) is 1. The molecule has 3 aromatic carbocycles. The molecule has 0 spiro atoms. The van der Waals surface area contributed by atoms with Crippen LogP contribution in [-0.4, -0.2) is 7.05 Å². The summed E-state index contributed by atoms with van der Waals surface area (Å²) in [4.78, 5) is 2.27. The van der Waals surface area contributed by atoms with Gasteiger partial charge in [0.1, 0.15) is 0 Å².